The molecule has 1 amide bonds. The fraction of sp³-hybridized carbons (Fsp3) is 0.344. The average molecular weight is 557 g/mol. The van der Waals surface area contributed by atoms with Crippen LogP contribution in [-0.4, -0.2) is 26.4 Å². The third-order valence-corrected chi connectivity index (χ3v) is 9.10. The first-order chi connectivity index (χ1) is 18.9. The SMILES string of the molecule is CC(C)(C)c1ccc(-c2nnc(SCC(=O)Nc3ccccc3Sc3ccccc3)n2C2CCCCC2)cc1. The van der Waals surface area contributed by atoms with Gasteiger partial charge in [0.05, 0.1) is 11.4 Å². The number of nitrogens with one attached hydrogen (secondary N) is 1. The molecule has 1 heterocycles. The minimum Gasteiger partial charge on any atom is -0.324 e. The molecule has 0 bridgehead atoms. The van der Waals surface area contributed by atoms with E-state index in [0.717, 1.165) is 44.9 Å². The molecule has 1 saturated carbocycles. The van der Waals surface area contributed by atoms with Gasteiger partial charge in [0, 0.05) is 21.4 Å². The molecule has 1 aliphatic carbocycles. The van der Waals surface area contributed by atoms with Gasteiger partial charge in [0.2, 0.25) is 5.91 Å². The van der Waals surface area contributed by atoms with Crippen LogP contribution in [0.3, 0.4) is 0 Å². The highest BCUT2D eigenvalue weighted by Crippen LogP contribution is 2.37. The van der Waals surface area contributed by atoms with E-state index in [0.29, 0.717) is 6.04 Å². The monoisotopic (exact) mass is 556 g/mol. The number of rotatable bonds is 8. The Morgan fingerprint density at radius 2 is 1.59 bits per heavy atom. The molecule has 0 saturated heterocycles. The van der Waals surface area contributed by atoms with Crippen molar-refractivity contribution in [3.05, 3.63) is 84.4 Å². The fourth-order valence-electron chi connectivity index (χ4n) is 4.95. The lowest BCUT2D eigenvalue weighted by Gasteiger charge is -2.26. The number of benzene rings is 3. The van der Waals surface area contributed by atoms with Crippen LogP contribution in [0.25, 0.3) is 11.4 Å². The number of aromatic nitrogens is 3. The summed E-state index contributed by atoms with van der Waals surface area (Å²) in [5.74, 6) is 1.13. The fourth-order valence-corrected chi connectivity index (χ4v) is 6.68. The van der Waals surface area contributed by atoms with Gasteiger partial charge in [0.15, 0.2) is 11.0 Å². The second-order valence-electron chi connectivity index (χ2n) is 11.0. The molecule has 0 aliphatic heterocycles. The van der Waals surface area contributed by atoms with Gasteiger partial charge in [-0.1, -0.05) is 118 Å². The van der Waals surface area contributed by atoms with Crippen LogP contribution in [0.1, 0.15) is 64.5 Å². The van der Waals surface area contributed by atoms with Crippen molar-refractivity contribution in [2.45, 2.75) is 79.3 Å². The molecule has 1 N–H and O–H groups in total. The summed E-state index contributed by atoms with van der Waals surface area (Å²) in [5.41, 5.74) is 3.30. The predicted molar refractivity (Wildman–Crippen MR) is 163 cm³/mol. The van der Waals surface area contributed by atoms with E-state index in [4.69, 9.17) is 0 Å². The Morgan fingerprint density at radius 3 is 2.31 bits per heavy atom. The summed E-state index contributed by atoms with van der Waals surface area (Å²) in [6.07, 6.45) is 5.95. The summed E-state index contributed by atoms with van der Waals surface area (Å²) in [6.45, 7) is 6.68. The Morgan fingerprint density at radius 1 is 0.897 bits per heavy atom. The van der Waals surface area contributed by atoms with E-state index in [1.165, 1.54) is 36.6 Å². The van der Waals surface area contributed by atoms with Gasteiger partial charge in [-0.25, -0.2) is 0 Å². The molecule has 39 heavy (non-hydrogen) atoms. The van der Waals surface area contributed by atoms with E-state index in [-0.39, 0.29) is 17.1 Å². The maximum absolute atomic E-state index is 13.1. The van der Waals surface area contributed by atoms with Crippen molar-refractivity contribution in [3.8, 4) is 11.4 Å². The molecule has 5 rings (SSSR count). The summed E-state index contributed by atoms with van der Waals surface area (Å²) < 4.78 is 2.29. The molecule has 0 spiro atoms. The van der Waals surface area contributed by atoms with Crippen molar-refractivity contribution < 1.29 is 4.79 Å². The molecule has 202 valence electrons. The van der Waals surface area contributed by atoms with E-state index < -0.39 is 0 Å². The maximum atomic E-state index is 13.1. The second kappa shape index (κ2) is 12.4. The minimum absolute atomic E-state index is 0.0459. The average Bonchev–Trinajstić information content (AvgIpc) is 3.38. The zero-order chi connectivity index (χ0) is 27.2. The Labute approximate surface area is 240 Å². The molecule has 5 nitrogen and oxygen atoms in total. The van der Waals surface area contributed by atoms with Crippen molar-refractivity contribution >= 4 is 35.1 Å². The normalized spacial score (nSPS) is 14.3. The zero-order valence-electron chi connectivity index (χ0n) is 22.9. The van der Waals surface area contributed by atoms with E-state index in [2.05, 4.69) is 77.3 Å². The first-order valence-corrected chi connectivity index (χ1v) is 15.5. The lowest BCUT2D eigenvalue weighted by atomic mass is 9.86. The number of carbonyl (C=O) groups excluding carboxylic acids is 1. The number of hydrogen-bond acceptors (Lipinski definition) is 5. The van der Waals surface area contributed by atoms with E-state index >= 15 is 0 Å². The summed E-state index contributed by atoms with van der Waals surface area (Å²) in [6, 6.07) is 27.2. The van der Waals surface area contributed by atoms with Crippen molar-refractivity contribution in [2.75, 3.05) is 11.1 Å². The van der Waals surface area contributed by atoms with Crippen LogP contribution < -0.4 is 5.32 Å². The highest BCUT2D eigenvalue weighted by Gasteiger charge is 2.25. The standard InChI is InChI=1S/C32H36N4OS2/c1-32(2,3)24-20-18-23(19-21-24)30-34-35-31(36(30)25-12-6-4-7-13-25)38-22-29(37)33-27-16-10-11-17-28(27)39-26-14-8-5-9-15-26/h5,8-11,14-21,25H,4,6-7,12-13,22H2,1-3H3,(H,33,37). The molecule has 0 unspecified atom stereocenters. The quantitative estimate of drug-likeness (QED) is 0.220. The van der Waals surface area contributed by atoms with Crippen molar-refractivity contribution in [1.29, 1.82) is 0 Å². The molecule has 1 fully saturated rings. The highest BCUT2D eigenvalue weighted by atomic mass is 32.2. The number of hydrogen-bond donors (Lipinski definition) is 1. The molecule has 0 atom stereocenters. The van der Waals surface area contributed by atoms with Crippen LogP contribution in [0.4, 0.5) is 5.69 Å². The number of anilines is 1. The third-order valence-electron chi connectivity index (χ3n) is 7.08. The largest absolute Gasteiger partial charge is 0.324 e. The van der Waals surface area contributed by atoms with Crippen LogP contribution in [0.5, 0.6) is 0 Å². The maximum Gasteiger partial charge on any atom is 0.234 e. The van der Waals surface area contributed by atoms with E-state index in [9.17, 15) is 4.79 Å². The molecular weight excluding hydrogens is 521 g/mol. The number of nitrogens with zero attached hydrogens (tertiary/aromatic N) is 3. The number of thioether (sulfide) groups is 1. The number of carbonyl (C=O) groups is 1. The number of para-hydroxylation sites is 1. The highest BCUT2D eigenvalue weighted by molar-refractivity contribution is 8.00. The minimum atomic E-state index is -0.0459. The van der Waals surface area contributed by atoms with E-state index in [1.807, 2.05) is 42.5 Å². The van der Waals surface area contributed by atoms with Crippen molar-refractivity contribution in [2.24, 2.45) is 0 Å². The first-order valence-electron chi connectivity index (χ1n) is 13.7. The van der Waals surface area contributed by atoms with Gasteiger partial charge in [0.25, 0.3) is 0 Å². The van der Waals surface area contributed by atoms with Gasteiger partial charge < -0.3 is 5.32 Å². The molecule has 7 heteroatoms. The summed E-state index contributed by atoms with van der Waals surface area (Å²) in [5, 5.41) is 13.2. The van der Waals surface area contributed by atoms with Crippen molar-refractivity contribution in [3.63, 3.8) is 0 Å². The van der Waals surface area contributed by atoms with Gasteiger partial charge in [-0.15, -0.1) is 10.2 Å². The third kappa shape index (κ3) is 6.95. The first kappa shape index (κ1) is 27.5. The molecule has 3 aromatic carbocycles. The lowest BCUT2D eigenvalue weighted by Crippen LogP contribution is -2.17. The van der Waals surface area contributed by atoms with Crippen LogP contribution in [-0.2, 0) is 10.2 Å². The lowest BCUT2D eigenvalue weighted by molar-refractivity contribution is -0.113. The van der Waals surface area contributed by atoms with Crippen LogP contribution in [0, 0.1) is 0 Å². The van der Waals surface area contributed by atoms with Crippen LogP contribution >= 0.6 is 23.5 Å². The Hall–Kier alpha value is -3.03. The number of amides is 1. The summed E-state index contributed by atoms with van der Waals surface area (Å²) in [4.78, 5) is 15.2. The molecule has 0 radical (unpaired) electrons. The van der Waals surface area contributed by atoms with Crippen LogP contribution in [0.2, 0.25) is 0 Å². The second-order valence-corrected chi connectivity index (χ2v) is 13.1. The summed E-state index contributed by atoms with van der Waals surface area (Å²) in [7, 11) is 0. The molecule has 4 aromatic rings. The van der Waals surface area contributed by atoms with Gasteiger partial charge >= 0.3 is 0 Å². The topological polar surface area (TPSA) is 59.8 Å². The van der Waals surface area contributed by atoms with Gasteiger partial charge in [-0.05, 0) is 48.1 Å². The smallest absolute Gasteiger partial charge is 0.234 e. The van der Waals surface area contributed by atoms with E-state index in [1.54, 1.807) is 11.8 Å². The summed E-state index contributed by atoms with van der Waals surface area (Å²) >= 11 is 3.12. The predicted octanol–water partition coefficient (Wildman–Crippen LogP) is 8.63. The Balaban J connectivity index is 1.32. The molecular formula is C32H36N4OS2. The molecule has 1 aromatic heterocycles. The Kier molecular flexibility index (Phi) is 8.78. The Bertz CT molecular complexity index is 1390. The van der Waals surface area contributed by atoms with Gasteiger partial charge in [-0.3, -0.25) is 9.36 Å². The van der Waals surface area contributed by atoms with Crippen LogP contribution in [0.15, 0.2) is 93.8 Å². The zero-order valence-corrected chi connectivity index (χ0v) is 24.5. The van der Waals surface area contributed by atoms with Crippen molar-refractivity contribution in [1.82, 2.24) is 14.8 Å². The van der Waals surface area contributed by atoms with Gasteiger partial charge in [-0.2, -0.15) is 0 Å². The molecule has 1 aliphatic rings. The van der Waals surface area contributed by atoms with Gasteiger partial charge in [0.1, 0.15) is 0 Å².